The van der Waals surface area contributed by atoms with E-state index in [4.69, 9.17) is 4.55 Å². The highest BCUT2D eigenvalue weighted by molar-refractivity contribution is 7.85. The zero-order chi connectivity index (χ0) is 15.8. The molecule has 112 valence electrons. The molecule has 0 aliphatic heterocycles. The first kappa shape index (κ1) is 15.9. The zero-order valence-corrected chi connectivity index (χ0v) is 13.6. The van der Waals surface area contributed by atoms with Crippen molar-refractivity contribution < 1.29 is 17.8 Å². The van der Waals surface area contributed by atoms with Gasteiger partial charge in [-0.1, -0.05) is 13.0 Å². The van der Waals surface area contributed by atoms with Crippen molar-refractivity contribution in [2.75, 3.05) is 0 Å². The lowest BCUT2D eigenvalue weighted by Gasteiger charge is -2.14. The van der Waals surface area contributed by atoms with Crippen molar-refractivity contribution in [1.82, 2.24) is 0 Å². The first-order valence-corrected chi connectivity index (χ1v) is 8.64. The molecule has 1 aromatic heterocycles. The molecule has 2 rings (SSSR count). The molecule has 21 heavy (non-hydrogen) atoms. The number of aryl methyl sites for hydroxylation is 1. The molecule has 0 fully saturated rings. The van der Waals surface area contributed by atoms with E-state index in [1.54, 1.807) is 12.1 Å². The first-order chi connectivity index (χ1) is 9.70. The van der Waals surface area contributed by atoms with Gasteiger partial charge in [0, 0.05) is 10.8 Å². The summed E-state index contributed by atoms with van der Waals surface area (Å²) in [5.74, 6) is -0.0355. The van der Waals surface area contributed by atoms with E-state index in [0.717, 1.165) is 16.0 Å². The fraction of sp³-hybridized carbons (Fsp3) is 0.267. The number of benzene rings is 1. The summed E-state index contributed by atoms with van der Waals surface area (Å²) in [4.78, 5) is 12.9. The van der Waals surface area contributed by atoms with Crippen molar-refractivity contribution in [3.63, 3.8) is 0 Å². The minimum absolute atomic E-state index is 0.0156. The van der Waals surface area contributed by atoms with Crippen LogP contribution in [0.4, 0.5) is 0 Å². The van der Waals surface area contributed by atoms with Crippen LogP contribution in [0.2, 0.25) is 0 Å². The van der Waals surface area contributed by atoms with E-state index in [2.05, 4.69) is 0 Å². The van der Waals surface area contributed by atoms with E-state index in [-0.39, 0.29) is 16.6 Å². The maximum Gasteiger partial charge on any atom is 0.294 e. The van der Waals surface area contributed by atoms with Crippen LogP contribution in [0.5, 0.6) is 0 Å². The molecule has 1 atom stereocenters. The molecule has 1 N–H and O–H groups in total. The van der Waals surface area contributed by atoms with Gasteiger partial charge in [0.1, 0.15) is 0 Å². The molecule has 0 saturated heterocycles. The average Bonchev–Trinajstić information content (AvgIpc) is 2.86. The van der Waals surface area contributed by atoms with Gasteiger partial charge in [-0.15, -0.1) is 11.3 Å². The van der Waals surface area contributed by atoms with Gasteiger partial charge in [-0.2, -0.15) is 8.42 Å². The van der Waals surface area contributed by atoms with Crippen LogP contribution < -0.4 is 0 Å². The Morgan fingerprint density at radius 2 is 1.90 bits per heavy atom. The molecule has 1 aromatic carbocycles. The van der Waals surface area contributed by atoms with Crippen molar-refractivity contribution in [2.24, 2.45) is 0 Å². The molecule has 0 amide bonds. The minimum atomic E-state index is -4.22. The topological polar surface area (TPSA) is 71.4 Å². The predicted molar refractivity (Wildman–Crippen MR) is 82.8 cm³/mol. The van der Waals surface area contributed by atoms with Crippen molar-refractivity contribution in [3.8, 4) is 0 Å². The van der Waals surface area contributed by atoms with Gasteiger partial charge in [0.2, 0.25) is 0 Å². The van der Waals surface area contributed by atoms with Gasteiger partial charge >= 0.3 is 0 Å². The van der Waals surface area contributed by atoms with E-state index in [9.17, 15) is 13.2 Å². The molecular weight excluding hydrogens is 308 g/mol. The Morgan fingerprint density at radius 3 is 2.43 bits per heavy atom. The second kappa shape index (κ2) is 5.71. The second-order valence-corrected chi connectivity index (χ2v) is 7.51. The Hall–Kier alpha value is -1.50. The van der Waals surface area contributed by atoms with E-state index >= 15 is 0 Å². The number of thiophene rings is 1. The Bertz CT molecular complexity index is 788. The second-order valence-electron chi connectivity index (χ2n) is 4.97. The van der Waals surface area contributed by atoms with Crippen molar-refractivity contribution >= 4 is 27.2 Å². The van der Waals surface area contributed by atoms with Crippen LogP contribution in [-0.4, -0.2) is 18.8 Å². The van der Waals surface area contributed by atoms with Crippen LogP contribution in [0.1, 0.15) is 45.4 Å². The molecule has 0 saturated carbocycles. The number of carbonyl (C=O) groups excluding carboxylic acids is 1. The normalized spacial score (nSPS) is 13.1. The number of hydrogen-bond donors (Lipinski definition) is 1. The van der Waals surface area contributed by atoms with E-state index < -0.39 is 10.1 Å². The number of Topliss-reactive ketones (excluding diaryl/α,β-unsaturated/α-hetero) is 1. The number of ketones is 1. The minimum Gasteiger partial charge on any atom is -0.294 e. The Morgan fingerprint density at radius 1 is 1.24 bits per heavy atom. The SMILES string of the molecule is CC(=O)c1ccc(C(C)c2cc(S(=O)(=O)O)ccc2C)s1. The summed E-state index contributed by atoms with van der Waals surface area (Å²) in [5, 5.41) is 0. The van der Waals surface area contributed by atoms with E-state index in [0.29, 0.717) is 4.88 Å². The van der Waals surface area contributed by atoms with Crippen LogP contribution in [0.3, 0.4) is 0 Å². The highest BCUT2D eigenvalue weighted by atomic mass is 32.2. The molecule has 6 heteroatoms. The molecule has 1 heterocycles. The van der Waals surface area contributed by atoms with E-state index in [1.807, 2.05) is 19.9 Å². The molecule has 4 nitrogen and oxygen atoms in total. The predicted octanol–water partition coefficient (Wildman–Crippen LogP) is 3.66. The van der Waals surface area contributed by atoms with Gasteiger partial charge in [-0.05, 0) is 49.2 Å². The third kappa shape index (κ3) is 3.40. The molecule has 0 aliphatic rings. The summed E-state index contributed by atoms with van der Waals surface area (Å²) in [7, 11) is -4.22. The summed E-state index contributed by atoms with van der Waals surface area (Å²) in [6, 6.07) is 8.21. The standard InChI is InChI=1S/C15H16O4S2/c1-9-4-5-12(21(17,18)19)8-13(9)10(2)14-6-7-15(20-14)11(3)16/h4-8,10H,1-3H3,(H,17,18,19). The lowest BCUT2D eigenvalue weighted by atomic mass is 9.95. The number of carbonyl (C=O) groups is 1. The van der Waals surface area contributed by atoms with Crippen molar-refractivity contribution in [2.45, 2.75) is 31.6 Å². The van der Waals surface area contributed by atoms with Crippen LogP contribution in [-0.2, 0) is 10.1 Å². The van der Waals surface area contributed by atoms with Gasteiger partial charge < -0.3 is 0 Å². The highest BCUT2D eigenvalue weighted by Gasteiger charge is 2.18. The summed E-state index contributed by atoms with van der Waals surface area (Å²) in [6.07, 6.45) is 0. The number of rotatable bonds is 4. The fourth-order valence-electron chi connectivity index (χ4n) is 2.17. The Kier molecular flexibility index (Phi) is 4.32. The Labute approximate surface area is 128 Å². The molecule has 0 bridgehead atoms. The largest absolute Gasteiger partial charge is 0.294 e. The van der Waals surface area contributed by atoms with Crippen LogP contribution >= 0.6 is 11.3 Å². The first-order valence-electron chi connectivity index (χ1n) is 6.39. The zero-order valence-electron chi connectivity index (χ0n) is 12.0. The Balaban J connectivity index is 2.47. The van der Waals surface area contributed by atoms with Crippen LogP contribution in [0.25, 0.3) is 0 Å². The van der Waals surface area contributed by atoms with E-state index in [1.165, 1.54) is 30.4 Å². The summed E-state index contributed by atoms with van der Waals surface area (Å²) in [6.45, 7) is 5.36. The van der Waals surface area contributed by atoms with Gasteiger partial charge in [-0.3, -0.25) is 9.35 Å². The molecule has 2 aromatic rings. The third-order valence-electron chi connectivity index (χ3n) is 3.42. The quantitative estimate of drug-likeness (QED) is 0.688. The summed E-state index contributed by atoms with van der Waals surface area (Å²) < 4.78 is 31.7. The van der Waals surface area contributed by atoms with Gasteiger partial charge in [-0.25, -0.2) is 0 Å². The number of hydrogen-bond acceptors (Lipinski definition) is 4. The van der Waals surface area contributed by atoms with Crippen LogP contribution in [0.15, 0.2) is 35.2 Å². The lowest BCUT2D eigenvalue weighted by molar-refractivity contribution is 0.102. The smallest absolute Gasteiger partial charge is 0.294 e. The molecule has 0 aliphatic carbocycles. The third-order valence-corrected chi connectivity index (χ3v) is 5.63. The van der Waals surface area contributed by atoms with Gasteiger partial charge in [0.15, 0.2) is 5.78 Å². The summed E-state index contributed by atoms with van der Waals surface area (Å²) in [5.41, 5.74) is 1.76. The lowest BCUT2D eigenvalue weighted by Crippen LogP contribution is -2.03. The maximum absolute atomic E-state index is 11.4. The maximum atomic E-state index is 11.4. The average molecular weight is 324 g/mol. The highest BCUT2D eigenvalue weighted by Crippen LogP contribution is 2.33. The molecule has 1 unspecified atom stereocenters. The summed E-state index contributed by atoms with van der Waals surface area (Å²) >= 11 is 1.40. The monoisotopic (exact) mass is 324 g/mol. The molecule has 0 spiro atoms. The van der Waals surface area contributed by atoms with Crippen molar-refractivity contribution in [1.29, 1.82) is 0 Å². The van der Waals surface area contributed by atoms with Gasteiger partial charge in [0.05, 0.1) is 9.77 Å². The molecule has 0 radical (unpaired) electrons. The fourth-order valence-corrected chi connectivity index (χ4v) is 3.66. The van der Waals surface area contributed by atoms with Gasteiger partial charge in [0.25, 0.3) is 10.1 Å². The van der Waals surface area contributed by atoms with Crippen molar-refractivity contribution in [3.05, 3.63) is 51.2 Å². The van der Waals surface area contributed by atoms with Crippen LogP contribution in [0, 0.1) is 6.92 Å². The molecular formula is C15H16O4S2.